The van der Waals surface area contributed by atoms with Gasteiger partial charge in [-0.1, -0.05) is 5.16 Å². The number of aromatic nitrogens is 3. The van der Waals surface area contributed by atoms with Crippen molar-refractivity contribution in [3.8, 4) is 0 Å². The Morgan fingerprint density at radius 1 is 1.75 bits per heavy atom. The summed E-state index contributed by atoms with van der Waals surface area (Å²) in [7, 11) is 1.68. The average Bonchev–Trinajstić information content (AvgIpc) is 2.53. The molecule has 0 atom stereocenters. The van der Waals surface area contributed by atoms with Crippen LogP contribution in [0.5, 0.6) is 0 Å². The summed E-state index contributed by atoms with van der Waals surface area (Å²) in [6.45, 7) is 0. The number of carboxylic acid groups (broad SMARTS) is 1. The molecule has 0 saturated carbocycles. The summed E-state index contributed by atoms with van der Waals surface area (Å²) in [5.74, 6) is -1.31. The third kappa shape index (κ3) is 0.714. The number of aryl methyl sites for hydroxylation is 1. The van der Waals surface area contributed by atoms with Gasteiger partial charge >= 0.3 is 5.97 Å². The molecule has 0 aliphatic carbocycles. The quantitative estimate of drug-likeness (QED) is 0.658. The van der Waals surface area contributed by atoms with E-state index in [-0.39, 0.29) is 5.76 Å². The highest BCUT2D eigenvalue weighted by Gasteiger charge is 2.18. The van der Waals surface area contributed by atoms with Crippen LogP contribution in [0.15, 0.2) is 10.9 Å². The third-order valence-corrected chi connectivity index (χ3v) is 1.55. The van der Waals surface area contributed by atoms with Crippen LogP contribution in [0.1, 0.15) is 10.6 Å². The van der Waals surface area contributed by atoms with Crippen LogP contribution in [-0.2, 0) is 7.05 Å². The predicted octanol–water partition coefficient (Wildman–Crippen LogP) is 0.259. The zero-order valence-corrected chi connectivity index (χ0v) is 6.18. The number of rotatable bonds is 1. The van der Waals surface area contributed by atoms with Gasteiger partial charge in [0, 0.05) is 7.05 Å². The molecule has 6 heteroatoms. The van der Waals surface area contributed by atoms with Gasteiger partial charge in [-0.3, -0.25) is 0 Å². The maximum absolute atomic E-state index is 10.6. The maximum atomic E-state index is 10.6. The topological polar surface area (TPSA) is 81.2 Å². The zero-order valence-electron chi connectivity index (χ0n) is 6.18. The highest BCUT2D eigenvalue weighted by atomic mass is 16.5. The molecule has 0 aliphatic heterocycles. The van der Waals surface area contributed by atoms with Crippen LogP contribution in [0.2, 0.25) is 0 Å². The molecule has 12 heavy (non-hydrogen) atoms. The number of carboxylic acids is 1. The fraction of sp³-hybridized carbons (Fsp3) is 0.167. The summed E-state index contributed by atoms with van der Waals surface area (Å²) in [4.78, 5) is 14.4. The van der Waals surface area contributed by atoms with Gasteiger partial charge in [0.1, 0.15) is 5.52 Å². The van der Waals surface area contributed by atoms with Crippen molar-refractivity contribution in [3.05, 3.63) is 12.1 Å². The SMILES string of the molecule is Cn1cnc2noc(C(=O)O)c21. The Labute approximate surface area is 66.4 Å². The summed E-state index contributed by atoms with van der Waals surface area (Å²) >= 11 is 0. The maximum Gasteiger partial charge on any atom is 0.377 e. The van der Waals surface area contributed by atoms with E-state index in [9.17, 15) is 4.79 Å². The van der Waals surface area contributed by atoms with Crippen molar-refractivity contribution in [1.82, 2.24) is 14.7 Å². The fourth-order valence-corrected chi connectivity index (χ4v) is 1.02. The number of fused-ring (bicyclic) bond motifs is 1. The summed E-state index contributed by atoms with van der Waals surface area (Å²) in [5.41, 5.74) is 0.720. The highest BCUT2D eigenvalue weighted by molar-refractivity contribution is 5.97. The van der Waals surface area contributed by atoms with E-state index < -0.39 is 5.97 Å². The molecule has 2 rings (SSSR count). The van der Waals surface area contributed by atoms with E-state index in [1.54, 1.807) is 11.6 Å². The number of hydrogen-bond donors (Lipinski definition) is 1. The molecule has 2 heterocycles. The van der Waals surface area contributed by atoms with Crippen molar-refractivity contribution in [2.24, 2.45) is 7.05 Å². The third-order valence-electron chi connectivity index (χ3n) is 1.55. The van der Waals surface area contributed by atoms with Crippen LogP contribution in [-0.4, -0.2) is 25.8 Å². The van der Waals surface area contributed by atoms with E-state index in [4.69, 9.17) is 5.11 Å². The van der Waals surface area contributed by atoms with Gasteiger partial charge in [-0.15, -0.1) is 0 Å². The van der Waals surface area contributed by atoms with E-state index >= 15 is 0 Å². The summed E-state index contributed by atoms with van der Waals surface area (Å²) in [6.07, 6.45) is 1.49. The van der Waals surface area contributed by atoms with Crippen LogP contribution in [0.25, 0.3) is 11.2 Å². The molecule has 6 nitrogen and oxygen atoms in total. The molecule has 0 saturated heterocycles. The molecule has 0 fully saturated rings. The summed E-state index contributed by atoms with van der Waals surface area (Å²) in [5, 5.41) is 12.1. The van der Waals surface area contributed by atoms with Crippen molar-refractivity contribution in [1.29, 1.82) is 0 Å². The number of nitrogens with zero attached hydrogens (tertiary/aromatic N) is 3. The van der Waals surface area contributed by atoms with Crippen LogP contribution < -0.4 is 0 Å². The number of carbonyl (C=O) groups is 1. The Bertz CT molecular complexity index is 442. The van der Waals surface area contributed by atoms with Gasteiger partial charge in [0.15, 0.2) is 0 Å². The minimum Gasteiger partial charge on any atom is -0.475 e. The number of imidazole rings is 1. The van der Waals surface area contributed by atoms with Crippen LogP contribution in [0.4, 0.5) is 0 Å². The van der Waals surface area contributed by atoms with Crippen LogP contribution in [0.3, 0.4) is 0 Å². The first-order chi connectivity index (χ1) is 5.70. The van der Waals surface area contributed by atoms with Gasteiger partial charge in [0.05, 0.1) is 6.33 Å². The van der Waals surface area contributed by atoms with E-state index in [1.807, 2.05) is 0 Å². The van der Waals surface area contributed by atoms with E-state index in [0.29, 0.717) is 11.2 Å². The Morgan fingerprint density at radius 3 is 3.17 bits per heavy atom. The lowest BCUT2D eigenvalue weighted by atomic mass is 10.4. The Morgan fingerprint density at radius 2 is 2.50 bits per heavy atom. The first-order valence-corrected chi connectivity index (χ1v) is 3.20. The molecule has 2 aromatic heterocycles. The smallest absolute Gasteiger partial charge is 0.377 e. The minimum absolute atomic E-state index is 0.176. The van der Waals surface area contributed by atoms with Gasteiger partial charge < -0.3 is 14.2 Å². The van der Waals surface area contributed by atoms with Gasteiger partial charge in [0.25, 0.3) is 5.76 Å². The second kappa shape index (κ2) is 2.07. The van der Waals surface area contributed by atoms with E-state index in [1.165, 1.54) is 6.33 Å². The normalized spacial score (nSPS) is 10.8. The molecule has 0 aliphatic rings. The Hall–Kier alpha value is -1.85. The van der Waals surface area contributed by atoms with Crippen molar-refractivity contribution < 1.29 is 14.4 Å². The second-order valence-electron chi connectivity index (χ2n) is 2.34. The lowest BCUT2D eigenvalue weighted by Gasteiger charge is -1.88. The molecule has 0 unspecified atom stereocenters. The molecule has 0 amide bonds. The molecule has 62 valence electrons. The van der Waals surface area contributed by atoms with Crippen molar-refractivity contribution >= 4 is 17.1 Å². The lowest BCUT2D eigenvalue weighted by molar-refractivity contribution is 0.0654. The highest BCUT2D eigenvalue weighted by Crippen LogP contribution is 2.15. The monoisotopic (exact) mass is 167 g/mol. The Kier molecular flexibility index (Phi) is 1.18. The molecule has 1 N–H and O–H groups in total. The Balaban J connectivity index is 2.83. The van der Waals surface area contributed by atoms with Gasteiger partial charge in [-0.2, -0.15) is 0 Å². The van der Waals surface area contributed by atoms with E-state index in [2.05, 4.69) is 14.7 Å². The molecule has 0 spiro atoms. The van der Waals surface area contributed by atoms with E-state index in [0.717, 1.165) is 0 Å². The number of hydrogen-bond acceptors (Lipinski definition) is 4. The molecule has 0 bridgehead atoms. The number of aromatic carboxylic acids is 1. The minimum atomic E-state index is -1.14. The summed E-state index contributed by atoms with van der Waals surface area (Å²) < 4.78 is 6.12. The molecular weight excluding hydrogens is 162 g/mol. The second-order valence-corrected chi connectivity index (χ2v) is 2.34. The molecule has 2 aromatic rings. The average molecular weight is 167 g/mol. The fourth-order valence-electron chi connectivity index (χ4n) is 1.02. The first kappa shape index (κ1) is 6.84. The lowest BCUT2D eigenvalue weighted by Crippen LogP contribution is -1.97. The molecule has 0 aromatic carbocycles. The zero-order chi connectivity index (χ0) is 8.72. The molecular formula is C6H5N3O3. The predicted molar refractivity (Wildman–Crippen MR) is 37.7 cm³/mol. The van der Waals surface area contributed by atoms with Crippen LogP contribution >= 0.6 is 0 Å². The van der Waals surface area contributed by atoms with Gasteiger partial charge in [0.2, 0.25) is 5.65 Å². The largest absolute Gasteiger partial charge is 0.475 e. The first-order valence-electron chi connectivity index (χ1n) is 3.20. The molecule has 0 radical (unpaired) electrons. The van der Waals surface area contributed by atoms with Crippen molar-refractivity contribution in [3.63, 3.8) is 0 Å². The van der Waals surface area contributed by atoms with Crippen molar-refractivity contribution in [2.75, 3.05) is 0 Å². The van der Waals surface area contributed by atoms with Gasteiger partial charge in [-0.25, -0.2) is 9.78 Å². The summed E-state index contributed by atoms with van der Waals surface area (Å²) in [6, 6.07) is 0. The van der Waals surface area contributed by atoms with Gasteiger partial charge in [-0.05, 0) is 0 Å². The van der Waals surface area contributed by atoms with Crippen LogP contribution in [0, 0.1) is 0 Å². The standard InChI is InChI=1S/C6H5N3O3/c1-9-2-7-5-3(9)4(6(10)11)12-8-5/h2H,1H3,(H,10,11). The van der Waals surface area contributed by atoms with Crippen molar-refractivity contribution in [2.45, 2.75) is 0 Å².